The molecule has 1 aromatic heterocycles. The Labute approximate surface area is 144 Å². The van der Waals surface area contributed by atoms with Gasteiger partial charge in [0, 0.05) is 31.0 Å². The van der Waals surface area contributed by atoms with Crippen molar-refractivity contribution in [1.82, 2.24) is 14.9 Å². The van der Waals surface area contributed by atoms with Crippen molar-refractivity contribution in [2.75, 3.05) is 13.2 Å². The lowest BCUT2D eigenvalue weighted by atomic mass is 10.2. The second kappa shape index (κ2) is 9.75. The number of aryl methyl sites for hydroxylation is 1. The molecule has 0 radical (unpaired) electrons. The van der Waals surface area contributed by atoms with Crippen molar-refractivity contribution in [2.45, 2.75) is 39.7 Å². The highest BCUT2D eigenvalue weighted by Gasteiger charge is 2.06. The van der Waals surface area contributed by atoms with E-state index < -0.39 is 0 Å². The number of unbranched alkanes of at least 4 members (excludes halogenated alkanes) is 2. The van der Waals surface area contributed by atoms with Crippen LogP contribution in [-0.4, -0.2) is 28.6 Å². The molecule has 2 aromatic rings. The Balaban J connectivity index is 1.65. The summed E-state index contributed by atoms with van der Waals surface area (Å²) in [6, 6.07) is 7.36. The Morgan fingerprint density at radius 2 is 2.17 bits per heavy atom. The van der Waals surface area contributed by atoms with Crippen molar-refractivity contribution < 1.29 is 9.53 Å². The van der Waals surface area contributed by atoms with Crippen molar-refractivity contribution in [2.24, 2.45) is 5.92 Å². The number of hydrogen-bond acceptors (Lipinski definition) is 3. The lowest BCUT2D eigenvalue weighted by molar-refractivity contribution is 0.0952. The molecule has 5 nitrogen and oxygen atoms in total. The Kier molecular flexibility index (Phi) is 7.33. The fourth-order valence-corrected chi connectivity index (χ4v) is 2.31. The molecule has 1 aromatic carbocycles. The smallest absolute Gasteiger partial charge is 0.251 e. The Bertz CT molecular complexity index is 609. The van der Waals surface area contributed by atoms with Gasteiger partial charge in [0.1, 0.15) is 5.75 Å². The van der Waals surface area contributed by atoms with Crippen molar-refractivity contribution in [3.05, 3.63) is 48.5 Å². The van der Waals surface area contributed by atoms with Gasteiger partial charge in [-0.15, -0.1) is 0 Å². The van der Waals surface area contributed by atoms with Crippen LogP contribution in [0, 0.1) is 5.92 Å². The first kappa shape index (κ1) is 18.0. The molecule has 0 aliphatic rings. The molecule has 2 rings (SSSR count). The fraction of sp³-hybridized carbons (Fsp3) is 0.474. The molecule has 1 heterocycles. The van der Waals surface area contributed by atoms with Crippen LogP contribution in [0.3, 0.4) is 0 Å². The highest BCUT2D eigenvalue weighted by atomic mass is 16.5. The number of nitrogens with one attached hydrogen (secondary N) is 1. The summed E-state index contributed by atoms with van der Waals surface area (Å²) >= 11 is 0. The quantitative estimate of drug-likeness (QED) is 0.679. The zero-order chi connectivity index (χ0) is 17.2. The van der Waals surface area contributed by atoms with E-state index in [-0.39, 0.29) is 5.91 Å². The summed E-state index contributed by atoms with van der Waals surface area (Å²) in [6.07, 6.45) is 8.73. The number of nitrogens with zero attached hydrogens (tertiary/aromatic N) is 2. The number of hydrogen-bond donors (Lipinski definition) is 1. The molecule has 0 saturated carbocycles. The van der Waals surface area contributed by atoms with Crippen LogP contribution >= 0.6 is 0 Å². The lowest BCUT2D eigenvalue weighted by Crippen LogP contribution is -2.24. The van der Waals surface area contributed by atoms with Gasteiger partial charge in [-0.05, 0) is 43.4 Å². The molecule has 1 amide bonds. The molecular formula is C19H27N3O2. The van der Waals surface area contributed by atoms with Crippen molar-refractivity contribution in [3.8, 4) is 5.75 Å². The molecule has 130 valence electrons. The Morgan fingerprint density at radius 1 is 1.29 bits per heavy atom. The maximum atomic E-state index is 12.2. The Morgan fingerprint density at radius 3 is 2.92 bits per heavy atom. The first-order chi connectivity index (χ1) is 11.6. The number of carbonyl (C=O) groups is 1. The first-order valence-electron chi connectivity index (χ1n) is 8.62. The third-order valence-corrected chi connectivity index (χ3v) is 3.62. The van der Waals surface area contributed by atoms with Crippen LogP contribution in [0.4, 0.5) is 0 Å². The van der Waals surface area contributed by atoms with Gasteiger partial charge in [0.15, 0.2) is 0 Å². The third kappa shape index (κ3) is 6.44. The van der Waals surface area contributed by atoms with Crippen LogP contribution in [0.1, 0.15) is 43.5 Å². The monoisotopic (exact) mass is 329 g/mol. The maximum absolute atomic E-state index is 12.2. The fourth-order valence-electron chi connectivity index (χ4n) is 2.31. The van der Waals surface area contributed by atoms with E-state index in [1.165, 1.54) is 0 Å². The van der Waals surface area contributed by atoms with E-state index in [4.69, 9.17) is 4.74 Å². The molecule has 5 heteroatoms. The van der Waals surface area contributed by atoms with Gasteiger partial charge in [-0.25, -0.2) is 4.98 Å². The predicted molar refractivity (Wildman–Crippen MR) is 95.2 cm³/mol. The third-order valence-electron chi connectivity index (χ3n) is 3.62. The number of benzene rings is 1. The first-order valence-corrected chi connectivity index (χ1v) is 8.62. The molecule has 0 fully saturated rings. The van der Waals surface area contributed by atoms with Crippen LogP contribution < -0.4 is 10.1 Å². The number of rotatable bonds is 10. The summed E-state index contributed by atoms with van der Waals surface area (Å²) in [5.74, 6) is 1.17. The van der Waals surface area contributed by atoms with Crippen LogP contribution in [0.2, 0.25) is 0 Å². The summed E-state index contributed by atoms with van der Waals surface area (Å²) in [7, 11) is 0. The minimum Gasteiger partial charge on any atom is -0.493 e. The minimum absolute atomic E-state index is 0.0420. The van der Waals surface area contributed by atoms with E-state index in [1.54, 1.807) is 12.3 Å². The molecule has 0 aliphatic carbocycles. The van der Waals surface area contributed by atoms with Gasteiger partial charge in [0.25, 0.3) is 5.91 Å². The summed E-state index contributed by atoms with van der Waals surface area (Å²) < 4.78 is 7.73. The second-order valence-electron chi connectivity index (χ2n) is 6.35. The molecule has 0 unspecified atom stereocenters. The van der Waals surface area contributed by atoms with Gasteiger partial charge in [-0.2, -0.15) is 0 Å². The zero-order valence-electron chi connectivity index (χ0n) is 14.6. The average molecular weight is 329 g/mol. The molecule has 0 bridgehead atoms. The number of aromatic nitrogens is 2. The van der Waals surface area contributed by atoms with Crippen LogP contribution in [0.25, 0.3) is 0 Å². The highest BCUT2D eigenvalue weighted by Crippen LogP contribution is 2.14. The molecule has 0 spiro atoms. The molecule has 0 aliphatic heterocycles. The molecule has 1 N–H and O–H groups in total. The second-order valence-corrected chi connectivity index (χ2v) is 6.35. The summed E-state index contributed by atoms with van der Waals surface area (Å²) in [6.45, 7) is 6.53. The number of ether oxygens (including phenoxy) is 1. The van der Waals surface area contributed by atoms with Gasteiger partial charge in [-0.3, -0.25) is 4.79 Å². The largest absolute Gasteiger partial charge is 0.493 e. The predicted octanol–water partition coefficient (Wildman–Crippen LogP) is 3.52. The normalized spacial score (nSPS) is 10.8. The lowest BCUT2D eigenvalue weighted by Gasteiger charge is -2.10. The summed E-state index contributed by atoms with van der Waals surface area (Å²) in [4.78, 5) is 16.2. The topological polar surface area (TPSA) is 56.1 Å². The number of amides is 1. The van der Waals surface area contributed by atoms with E-state index >= 15 is 0 Å². The van der Waals surface area contributed by atoms with Crippen LogP contribution in [0.5, 0.6) is 5.75 Å². The van der Waals surface area contributed by atoms with E-state index in [0.29, 0.717) is 24.6 Å². The number of imidazole rings is 1. The van der Waals surface area contributed by atoms with Gasteiger partial charge in [0.2, 0.25) is 0 Å². The standard InChI is InChI=1S/C19H27N3O2/c1-16(2)14-24-18-8-6-7-17(13-18)19(23)21-9-4-3-5-11-22-12-10-20-15-22/h6-8,10,12-13,15-16H,3-5,9,11,14H2,1-2H3,(H,21,23). The van der Waals surface area contributed by atoms with E-state index in [2.05, 4.69) is 28.7 Å². The Hall–Kier alpha value is -2.30. The highest BCUT2D eigenvalue weighted by molar-refractivity contribution is 5.94. The van der Waals surface area contributed by atoms with E-state index in [9.17, 15) is 4.79 Å². The molecule has 24 heavy (non-hydrogen) atoms. The average Bonchev–Trinajstić information content (AvgIpc) is 3.09. The SMILES string of the molecule is CC(C)COc1cccc(C(=O)NCCCCCn2ccnc2)c1. The van der Waals surface area contributed by atoms with E-state index in [0.717, 1.165) is 31.6 Å². The summed E-state index contributed by atoms with van der Waals surface area (Å²) in [5, 5.41) is 2.97. The van der Waals surface area contributed by atoms with Crippen molar-refractivity contribution >= 4 is 5.91 Å². The van der Waals surface area contributed by atoms with E-state index in [1.807, 2.05) is 30.7 Å². The summed E-state index contributed by atoms with van der Waals surface area (Å²) in [5.41, 5.74) is 0.648. The van der Waals surface area contributed by atoms with Crippen LogP contribution in [-0.2, 0) is 6.54 Å². The van der Waals surface area contributed by atoms with Gasteiger partial charge in [-0.1, -0.05) is 19.9 Å². The van der Waals surface area contributed by atoms with Gasteiger partial charge < -0.3 is 14.6 Å². The zero-order valence-corrected chi connectivity index (χ0v) is 14.6. The molecule has 0 atom stereocenters. The molecule has 0 saturated heterocycles. The van der Waals surface area contributed by atoms with Crippen molar-refractivity contribution in [1.29, 1.82) is 0 Å². The maximum Gasteiger partial charge on any atom is 0.251 e. The van der Waals surface area contributed by atoms with Crippen LogP contribution in [0.15, 0.2) is 43.0 Å². The van der Waals surface area contributed by atoms with Crippen molar-refractivity contribution in [3.63, 3.8) is 0 Å². The van der Waals surface area contributed by atoms with Gasteiger partial charge >= 0.3 is 0 Å². The number of carbonyl (C=O) groups excluding carboxylic acids is 1. The molecular weight excluding hydrogens is 302 g/mol. The van der Waals surface area contributed by atoms with Gasteiger partial charge in [0.05, 0.1) is 12.9 Å². The minimum atomic E-state index is -0.0420.